The Morgan fingerprint density at radius 2 is 1.92 bits per heavy atom. The van der Waals surface area contributed by atoms with Crippen molar-refractivity contribution >= 4 is 23.2 Å². The number of carbonyl (C=O) groups is 1. The Bertz CT molecular complexity index is 741. The molecule has 0 aliphatic carbocycles. The van der Waals surface area contributed by atoms with Gasteiger partial charge >= 0.3 is 0 Å². The number of ether oxygens (including phenoxy) is 1. The molecular formula is C20H24ClNO2. The molecule has 0 saturated heterocycles. The number of amides is 1. The minimum Gasteiger partial charge on any atom is -0.488 e. The Morgan fingerprint density at radius 3 is 2.58 bits per heavy atom. The smallest absolute Gasteiger partial charge is 0.224 e. The molecule has 2 aromatic rings. The molecule has 4 heteroatoms. The van der Waals surface area contributed by atoms with E-state index in [4.69, 9.17) is 16.3 Å². The van der Waals surface area contributed by atoms with E-state index in [2.05, 4.69) is 31.3 Å². The maximum Gasteiger partial charge on any atom is 0.224 e. The second-order valence-corrected chi connectivity index (χ2v) is 6.26. The molecule has 0 saturated carbocycles. The van der Waals surface area contributed by atoms with E-state index in [-0.39, 0.29) is 5.91 Å². The first-order chi connectivity index (χ1) is 11.5. The summed E-state index contributed by atoms with van der Waals surface area (Å²) in [5, 5.41) is 3.46. The van der Waals surface area contributed by atoms with Crippen LogP contribution in [0.5, 0.6) is 5.75 Å². The number of carbonyl (C=O) groups excluding carboxylic acids is 1. The number of halogens is 1. The average molecular weight is 346 g/mol. The minimum atomic E-state index is -0.0437. The highest BCUT2D eigenvalue weighted by Gasteiger charge is 2.11. The average Bonchev–Trinajstić information content (AvgIpc) is 2.56. The van der Waals surface area contributed by atoms with Gasteiger partial charge in [0.15, 0.2) is 0 Å². The van der Waals surface area contributed by atoms with E-state index in [9.17, 15) is 4.79 Å². The van der Waals surface area contributed by atoms with E-state index < -0.39 is 0 Å². The van der Waals surface area contributed by atoms with Gasteiger partial charge in [-0.1, -0.05) is 37.6 Å². The van der Waals surface area contributed by atoms with Crippen molar-refractivity contribution in [3.05, 3.63) is 57.6 Å². The molecule has 0 spiro atoms. The number of hydrogen-bond donors (Lipinski definition) is 1. The summed E-state index contributed by atoms with van der Waals surface area (Å²) in [6.07, 6.45) is 1.42. The maximum atomic E-state index is 11.7. The highest BCUT2D eigenvalue weighted by atomic mass is 35.5. The van der Waals surface area contributed by atoms with Crippen molar-refractivity contribution in [2.45, 2.75) is 47.1 Å². The van der Waals surface area contributed by atoms with Crippen molar-refractivity contribution < 1.29 is 9.53 Å². The van der Waals surface area contributed by atoms with Gasteiger partial charge in [-0.25, -0.2) is 0 Å². The molecule has 3 nitrogen and oxygen atoms in total. The monoisotopic (exact) mass is 345 g/mol. The molecule has 0 radical (unpaired) electrons. The zero-order chi connectivity index (χ0) is 17.7. The minimum absolute atomic E-state index is 0.0437. The van der Waals surface area contributed by atoms with Crippen molar-refractivity contribution in [3.63, 3.8) is 0 Å². The van der Waals surface area contributed by atoms with Crippen molar-refractivity contribution in [2.24, 2.45) is 0 Å². The van der Waals surface area contributed by atoms with Gasteiger partial charge in [-0.15, -0.1) is 0 Å². The summed E-state index contributed by atoms with van der Waals surface area (Å²) in [5.41, 5.74) is 5.14. The molecule has 0 atom stereocenters. The second kappa shape index (κ2) is 8.20. The Morgan fingerprint density at radius 1 is 1.17 bits per heavy atom. The van der Waals surface area contributed by atoms with Crippen LogP contribution < -0.4 is 10.1 Å². The lowest BCUT2D eigenvalue weighted by Crippen LogP contribution is -2.12. The molecule has 1 N–H and O–H groups in total. The van der Waals surface area contributed by atoms with E-state index in [0.717, 1.165) is 23.3 Å². The Labute approximate surface area is 149 Å². The predicted molar refractivity (Wildman–Crippen MR) is 100.0 cm³/mol. The zero-order valence-corrected chi connectivity index (χ0v) is 15.5. The van der Waals surface area contributed by atoms with E-state index in [1.807, 2.05) is 26.0 Å². The molecule has 0 fully saturated rings. The normalized spacial score (nSPS) is 10.5. The molecule has 0 unspecified atom stereocenters. The summed E-state index contributed by atoms with van der Waals surface area (Å²) in [6.45, 7) is 8.41. The van der Waals surface area contributed by atoms with Gasteiger partial charge in [0.1, 0.15) is 12.4 Å². The van der Waals surface area contributed by atoms with Crippen molar-refractivity contribution in [1.82, 2.24) is 0 Å². The second-order valence-electron chi connectivity index (χ2n) is 5.85. The molecule has 1 amide bonds. The van der Waals surface area contributed by atoms with Crippen molar-refractivity contribution in [2.75, 3.05) is 5.32 Å². The van der Waals surface area contributed by atoms with Crippen LogP contribution in [0.4, 0.5) is 5.69 Å². The number of nitrogens with one attached hydrogen (secondary N) is 1. The maximum absolute atomic E-state index is 11.7. The van der Waals surface area contributed by atoms with Crippen LogP contribution in [-0.4, -0.2) is 5.91 Å². The van der Waals surface area contributed by atoms with E-state index >= 15 is 0 Å². The Kier molecular flexibility index (Phi) is 6.27. The molecule has 0 bridgehead atoms. The van der Waals surface area contributed by atoms with Crippen LogP contribution in [0.3, 0.4) is 0 Å². The molecule has 0 aliphatic heterocycles. The number of benzene rings is 2. The fourth-order valence-electron chi connectivity index (χ4n) is 2.60. The third kappa shape index (κ3) is 4.30. The summed E-state index contributed by atoms with van der Waals surface area (Å²) >= 11 is 6.31. The van der Waals surface area contributed by atoms with E-state index in [1.54, 1.807) is 6.07 Å². The molecule has 2 aromatic carbocycles. The summed E-state index contributed by atoms with van der Waals surface area (Å²) in [6, 6.07) is 9.70. The fraction of sp³-hybridized carbons (Fsp3) is 0.350. The largest absolute Gasteiger partial charge is 0.488 e. The van der Waals surface area contributed by atoms with Crippen molar-refractivity contribution in [1.29, 1.82) is 0 Å². The molecule has 0 aliphatic rings. The molecule has 128 valence electrons. The van der Waals surface area contributed by atoms with Crippen LogP contribution in [0.15, 0.2) is 30.3 Å². The SMILES string of the molecule is CCC(=O)Nc1cccc(Cl)c1COc1cc(C)c(CC)cc1C. The molecule has 0 aromatic heterocycles. The highest BCUT2D eigenvalue weighted by Crippen LogP contribution is 2.29. The summed E-state index contributed by atoms with van der Waals surface area (Å²) in [7, 11) is 0. The lowest BCUT2D eigenvalue weighted by molar-refractivity contribution is -0.115. The standard InChI is InChI=1S/C20H24ClNO2/c1-5-15-10-14(4)19(11-13(15)3)24-12-16-17(21)8-7-9-18(16)22-20(23)6-2/h7-11H,5-6,12H2,1-4H3,(H,22,23). The van der Waals surface area contributed by atoms with Gasteiger partial charge in [-0.05, 0) is 55.2 Å². The van der Waals surface area contributed by atoms with Crippen LogP contribution in [0.2, 0.25) is 5.02 Å². The van der Waals surface area contributed by atoms with Gasteiger partial charge in [0.25, 0.3) is 0 Å². The fourth-order valence-corrected chi connectivity index (χ4v) is 2.83. The van der Waals surface area contributed by atoms with Crippen LogP contribution >= 0.6 is 11.6 Å². The number of hydrogen-bond acceptors (Lipinski definition) is 2. The predicted octanol–water partition coefficient (Wildman–Crippen LogP) is 5.45. The summed E-state index contributed by atoms with van der Waals surface area (Å²) in [5.74, 6) is 0.801. The van der Waals surface area contributed by atoms with Crippen LogP contribution in [0, 0.1) is 13.8 Å². The quantitative estimate of drug-likeness (QED) is 0.756. The highest BCUT2D eigenvalue weighted by molar-refractivity contribution is 6.31. The molecular weight excluding hydrogens is 322 g/mol. The van der Waals surface area contributed by atoms with Crippen LogP contribution in [-0.2, 0) is 17.8 Å². The van der Waals surface area contributed by atoms with Gasteiger partial charge in [0.05, 0.1) is 0 Å². The summed E-state index contributed by atoms with van der Waals surface area (Å²) in [4.78, 5) is 11.7. The molecule has 24 heavy (non-hydrogen) atoms. The number of rotatable bonds is 6. The lowest BCUT2D eigenvalue weighted by atomic mass is 10.0. The Hall–Kier alpha value is -2.00. The first-order valence-electron chi connectivity index (χ1n) is 8.26. The van der Waals surface area contributed by atoms with E-state index in [1.165, 1.54) is 11.1 Å². The number of anilines is 1. The topological polar surface area (TPSA) is 38.3 Å². The first-order valence-corrected chi connectivity index (χ1v) is 8.64. The Balaban J connectivity index is 2.23. The van der Waals surface area contributed by atoms with Crippen molar-refractivity contribution in [3.8, 4) is 5.75 Å². The lowest BCUT2D eigenvalue weighted by Gasteiger charge is -2.16. The zero-order valence-electron chi connectivity index (χ0n) is 14.7. The van der Waals surface area contributed by atoms with Gasteiger partial charge in [-0.2, -0.15) is 0 Å². The van der Waals surface area contributed by atoms with E-state index in [0.29, 0.717) is 23.7 Å². The molecule has 2 rings (SSSR count). The van der Waals surface area contributed by atoms with Gasteiger partial charge in [-0.3, -0.25) is 4.79 Å². The van der Waals surface area contributed by atoms with Crippen LogP contribution in [0.1, 0.15) is 42.5 Å². The van der Waals surface area contributed by atoms with Crippen LogP contribution in [0.25, 0.3) is 0 Å². The van der Waals surface area contributed by atoms with Gasteiger partial charge in [0.2, 0.25) is 5.91 Å². The van der Waals surface area contributed by atoms with Gasteiger partial charge < -0.3 is 10.1 Å². The van der Waals surface area contributed by atoms with Gasteiger partial charge in [0, 0.05) is 22.7 Å². The third-order valence-electron chi connectivity index (χ3n) is 4.10. The number of aryl methyl sites for hydroxylation is 3. The molecule has 0 heterocycles. The first kappa shape index (κ1) is 18.3. The summed E-state index contributed by atoms with van der Waals surface area (Å²) < 4.78 is 6.00. The third-order valence-corrected chi connectivity index (χ3v) is 4.45.